The van der Waals surface area contributed by atoms with E-state index < -0.39 is 0 Å². The highest BCUT2D eigenvalue weighted by atomic mass is 19.1. The molecule has 0 radical (unpaired) electrons. The fraction of sp³-hybridized carbons (Fsp3) is 0.556. The Hall–Kier alpha value is -2.15. The van der Waals surface area contributed by atoms with Gasteiger partial charge in [0.1, 0.15) is 5.82 Å². The second-order valence-electron chi connectivity index (χ2n) is 6.77. The number of carbonyl (C=O) groups excluding carboxylic acids is 2. The first-order valence-corrected chi connectivity index (χ1v) is 8.84. The third-order valence-electron chi connectivity index (χ3n) is 4.79. The van der Waals surface area contributed by atoms with E-state index in [4.69, 9.17) is 0 Å². The van der Waals surface area contributed by atoms with Gasteiger partial charge in [0.25, 0.3) is 0 Å². The largest absolute Gasteiger partial charge is 0.352 e. The fourth-order valence-corrected chi connectivity index (χ4v) is 2.96. The number of amides is 3. The second-order valence-corrected chi connectivity index (χ2v) is 6.77. The Morgan fingerprint density at radius 3 is 2.60 bits per heavy atom. The first kappa shape index (κ1) is 17.7. The van der Waals surface area contributed by atoms with Crippen molar-refractivity contribution in [3.05, 3.63) is 35.6 Å². The van der Waals surface area contributed by atoms with Crippen LogP contribution in [0.2, 0.25) is 0 Å². The molecule has 1 aliphatic heterocycles. The smallest absolute Gasteiger partial charge is 0.317 e. The van der Waals surface area contributed by atoms with E-state index in [-0.39, 0.29) is 23.8 Å². The van der Waals surface area contributed by atoms with E-state index in [9.17, 15) is 14.0 Å². The van der Waals surface area contributed by atoms with E-state index in [1.807, 2.05) is 6.92 Å². The maximum atomic E-state index is 13.2. The standard InChI is InChI=1S/C18H25FN4O2/c1-13(17(24)21-16-5-6-16)22-7-9-23(10-8-22)18(25)20-12-14-3-2-4-15(19)11-14/h2-4,11,13,16H,5-10,12H2,1H3,(H,20,25)(H,21,24). The minimum absolute atomic E-state index is 0.0755. The minimum Gasteiger partial charge on any atom is -0.352 e. The number of benzene rings is 1. The average molecular weight is 348 g/mol. The van der Waals surface area contributed by atoms with Crippen molar-refractivity contribution in [2.24, 2.45) is 0 Å². The van der Waals surface area contributed by atoms with Crippen LogP contribution < -0.4 is 10.6 Å². The monoisotopic (exact) mass is 348 g/mol. The van der Waals surface area contributed by atoms with Crippen LogP contribution >= 0.6 is 0 Å². The van der Waals surface area contributed by atoms with Crippen LogP contribution in [0.25, 0.3) is 0 Å². The molecule has 0 spiro atoms. The number of halogens is 1. The van der Waals surface area contributed by atoms with Crippen molar-refractivity contribution in [2.75, 3.05) is 26.2 Å². The number of hydrogen-bond donors (Lipinski definition) is 2. The predicted octanol–water partition coefficient (Wildman–Crippen LogP) is 1.32. The van der Waals surface area contributed by atoms with Crippen molar-refractivity contribution in [3.63, 3.8) is 0 Å². The molecule has 3 rings (SSSR count). The molecule has 1 unspecified atom stereocenters. The lowest BCUT2D eigenvalue weighted by molar-refractivity contribution is -0.126. The van der Waals surface area contributed by atoms with Crippen molar-refractivity contribution in [2.45, 2.75) is 38.4 Å². The molecule has 1 aliphatic carbocycles. The molecule has 25 heavy (non-hydrogen) atoms. The SMILES string of the molecule is CC(C(=O)NC1CC1)N1CCN(C(=O)NCc2cccc(F)c2)CC1. The maximum absolute atomic E-state index is 13.2. The number of rotatable bonds is 5. The topological polar surface area (TPSA) is 64.7 Å². The van der Waals surface area contributed by atoms with Crippen LogP contribution in [-0.4, -0.2) is 60.0 Å². The molecule has 1 aromatic rings. The third-order valence-corrected chi connectivity index (χ3v) is 4.79. The van der Waals surface area contributed by atoms with Crippen LogP contribution in [0.1, 0.15) is 25.3 Å². The summed E-state index contributed by atoms with van der Waals surface area (Å²) in [5.41, 5.74) is 0.734. The number of nitrogens with zero attached hydrogens (tertiary/aromatic N) is 2. The van der Waals surface area contributed by atoms with Gasteiger partial charge in [0, 0.05) is 38.8 Å². The minimum atomic E-state index is -0.307. The molecule has 2 aliphatic rings. The summed E-state index contributed by atoms with van der Waals surface area (Å²) in [5, 5.41) is 5.84. The molecule has 6 nitrogen and oxygen atoms in total. The summed E-state index contributed by atoms with van der Waals surface area (Å²) in [4.78, 5) is 28.2. The van der Waals surface area contributed by atoms with E-state index in [1.165, 1.54) is 12.1 Å². The number of piperazine rings is 1. The van der Waals surface area contributed by atoms with Crippen molar-refractivity contribution in [3.8, 4) is 0 Å². The number of nitrogens with one attached hydrogen (secondary N) is 2. The lowest BCUT2D eigenvalue weighted by atomic mass is 10.2. The molecule has 0 bridgehead atoms. The van der Waals surface area contributed by atoms with Crippen LogP contribution in [-0.2, 0) is 11.3 Å². The molecule has 1 saturated carbocycles. The Labute approximate surface area is 147 Å². The Bertz CT molecular complexity index is 627. The quantitative estimate of drug-likeness (QED) is 0.844. The van der Waals surface area contributed by atoms with Gasteiger partial charge in [-0.15, -0.1) is 0 Å². The van der Waals surface area contributed by atoms with E-state index >= 15 is 0 Å². The second kappa shape index (κ2) is 7.82. The summed E-state index contributed by atoms with van der Waals surface area (Å²) in [6.45, 7) is 4.72. The van der Waals surface area contributed by atoms with Crippen LogP contribution in [0.15, 0.2) is 24.3 Å². The Morgan fingerprint density at radius 2 is 1.96 bits per heavy atom. The van der Waals surface area contributed by atoms with Gasteiger partial charge in [-0.3, -0.25) is 9.69 Å². The van der Waals surface area contributed by atoms with E-state index in [1.54, 1.807) is 17.0 Å². The molecule has 2 N–H and O–H groups in total. The van der Waals surface area contributed by atoms with Crippen LogP contribution in [0.5, 0.6) is 0 Å². The summed E-state index contributed by atoms with van der Waals surface area (Å²) in [5.74, 6) is -0.231. The normalized spacial score (nSPS) is 19.4. The Balaban J connectivity index is 1.41. The molecule has 0 aromatic heterocycles. The van der Waals surface area contributed by atoms with E-state index in [2.05, 4.69) is 15.5 Å². The van der Waals surface area contributed by atoms with Gasteiger partial charge in [0.05, 0.1) is 6.04 Å². The van der Waals surface area contributed by atoms with Gasteiger partial charge >= 0.3 is 6.03 Å². The summed E-state index contributed by atoms with van der Waals surface area (Å²) in [6, 6.07) is 6.25. The number of carbonyl (C=O) groups is 2. The molecule has 2 fully saturated rings. The zero-order valence-corrected chi connectivity index (χ0v) is 14.5. The summed E-state index contributed by atoms with van der Waals surface area (Å²) in [6.07, 6.45) is 2.16. The molecule has 7 heteroatoms. The average Bonchev–Trinajstić information content (AvgIpc) is 3.43. The molecular formula is C18H25FN4O2. The van der Waals surface area contributed by atoms with Crippen molar-refractivity contribution >= 4 is 11.9 Å². The maximum Gasteiger partial charge on any atom is 0.317 e. The third kappa shape index (κ3) is 4.92. The van der Waals surface area contributed by atoms with Crippen LogP contribution in [0, 0.1) is 5.82 Å². The molecule has 1 heterocycles. The molecule has 1 saturated heterocycles. The van der Waals surface area contributed by atoms with Crippen LogP contribution in [0.4, 0.5) is 9.18 Å². The van der Waals surface area contributed by atoms with Gasteiger partial charge in [-0.05, 0) is 37.5 Å². The predicted molar refractivity (Wildman–Crippen MR) is 92.4 cm³/mol. The Kier molecular flexibility index (Phi) is 5.53. The highest BCUT2D eigenvalue weighted by molar-refractivity contribution is 5.82. The van der Waals surface area contributed by atoms with Gasteiger partial charge < -0.3 is 15.5 Å². The molecular weight excluding hydrogens is 323 g/mol. The number of hydrogen-bond acceptors (Lipinski definition) is 3. The van der Waals surface area contributed by atoms with E-state index in [0.717, 1.165) is 18.4 Å². The summed E-state index contributed by atoms with van der Waals surface area (Å²) < 4.78 is 13.2. The zero-order valence-electron chi connectivity index (χ0n) is 14.5. The van der Waals surface area contributed by atoms with E-state index in [0.29, 0.717) is 38.8 Å². The molecule has 3 amide bonds. The zero-order chi connectivity index (χ0) is 17.8. The first-order valence-electron chi connectivity index (χ1n) is 8.84. The highest BCUT2D eigenvalue weighted by Gasteiger charge is 2.30. The van der Waals surface area contributed by atoms with Crippen molar-refractivity contribution in [1.29, 1.82) is 0 Å². The number of urea groups is 1. The Morgan fingerprint density at radius 1 is 1.24 bits per heavy atom. The first-order chi connectivity index (χ1) is 12.0. The van der Waals surface area contributed by atoms with Crippen LogP contribution in [0.3, 0.4) is 0 Å². The lowest BCUT2D eigenvalue weighted by Gasteiger charge is -2.37. The van der Waals surface area contributed by atoms with Crippen molar-refractivity contribution in [1.82, 2.24) is 20.4 Å². The van der Waals surface area contributed by atoms with Gasteiger partial charge in [-0.25, -0.2) is 9.18 Å². The van der Waals surface area contributed by atoms with Gasteiger partial charge in [0.2, 0.25) is 5.91 Å². The van der Waals surface area contributed by atoms with Gasteiger partial charge in [-0.1, -0.05) is 12.1 Å². The summed E-state index contributed by atoms with van der Waals surface area (Å²) >= 11 is 0. The fourth-order valence-electron chi connectivity index (χ4n) is 2.96. The van der Waals surface area contributed by atoms with Crippen molar-refractivity contribution < 1.29 is 14.0 Å². The van der Waals surface area contributed by atoms with Gasteiger partial charge in [0.15, 0.2) is 0 Å². The lowest BCUT2D eigenvalue weighted by Crippen LogP contribution is -2.56. The molecule has 1 aromatic carbocycles. The highest BCUT2D eigenvalue weighted by Crippen LogP contribution is 2.19. The molecule has 136 valence electrons. The summed E-state index contributed by atoms with van der Waals surface area (Å²) in [7, 11) is 0. The molecule has 1 atom stereocenters. The van der Waals surface area contributed by atoms with Gasteiger partial charge in [-0.2, -0.15) is 0 Å².